The maximum Gasteiger partial charge on any atom is 0.245 e. The van der Waals surface area contributed by atoms with E-state index in [-0.39, 0.29) is 17.3 Å². The van der Waals surface area contributed by atoms with E-state index in [2.05, 4.69) is 0 Å². The fourth-order valence-electron chi connectivity index (χ4n) is 1.11. The highest BCUT2D eigenvalue weighted by Crippen LogP contribution is 2.26. The molecule has 2 N–H and O–H groups in total. The summed E-state index contributed by atoms with van der Waals surface area (Å²) in [5.41, 5.74) is 5.04. The topological polar surface area (TPSA) is 63.4 Å². The van der Waals surface area contributed by atoms with Crippen LogP contribution in [0.5, 0.6) is 0 Å². The van der Waals surface area contributed by atoms with Gasteiger partial charge in [0.2, 0.25) is 10.0 Å². The van der Waals surface area contributed by atoms with Crippen molar-refractivity contribution in [1.29, 1.82) is 0 Å². The summed E-state index contributed by atoms with van der Waals surface area (Å²) in [4.78, 5) is -0.498. The Morgan fingerprint density at radius 1 is 1.50 bits per heavy atom. The van der Waals surface area contributed by atoms with Crippen molar-refractivity contribution in [2.24, 2.45) is 0 Å². The molecule has 0 saturated heterocycles. The first-order valence-electron chi connectivity index (χ1n) is 4.51. The number of anilines is 1. The summed E-state index contributed by atoms with van der Waals surface area (Å²) in [6.07, 6.45) is 0. The smallest absolute Gasteiger partial charge is 0.245 e. The summed E-state index contributed by atoms with van der Waals surface area (Å²) in [5.74, 6) is -0.968. The van der Waals surface area contributed by atoms with Crippen molar-refractivity contribution in [2.75, 3.05) is 19.3 Å². The Hall–Kier alpha value is -0.850. The van der Waals surface area contributed by atoms with Crippen molar-refractivity contribution in [2.45, 2.75) is 11.8 Å². The first kappa shape index (κ1) is 13.2. The standard InChI is InChI=1S/C9H12ClFN2O2S/c1-3-13(2)16(14,15)8-5-6(10)4-7(12)9(8)11/h4-5H,3,12H2,1-2H3. The van der Waals surface area contributed by atoms with Crippen LogP contribution in [0.15, 0.2) is 17.0 Å². The molecular weight excluding hydrogens is 255 g/mol. The summed E-state index contributed by atoms with van der Waals surface area (Å²) in [6, 6.07) is 2.22. The monoisotopic (exact) mass is 266 g/mol. The van der Waals surface area contributed by atoms with Crippen LogP contribution < -0.4 is 5.73 Å². The van der Waals surface area contributed by atoms with E-state index in [0.717, 1.165) is 10.4 Å². The third-order valence-corrected chi connectivity index (χ3v) is 4.32. The lowest BCUT2D eigenvalue weighted by molar-refractivity contribution is 0.478. The van der Waals surface area contributed by atoms with Crippen LogP contribution >= 0.6 is 11.6 Å². The molecule has 0 bridgehead atoms. The molecule has 90 valence electrons. The van der Waals surface area contributed by atoms with E-state index in [9.17, 15) is 12.8 Å². The number of nitrogens with two attached hydrogens (primary N) is 1. The molecule has 0 amide bonds. The Kier molecular flexibility index (Phi) is 3.77. The first-order chi connectivity index (χ1) is 7.30. The lowest BCUT2D eigenvalue weighted by Gasteiger charge is -2.16. The van der Waals surface area contributed by atoms with Crippen molar-refractivity contribution in [1.82, 2.24) is 4.31 Å². The van der Waals surface area contributed by atoms with Crippen LogP contribution in [0.2, 0.25) is 5.02 Å². The summed E-state index contributed by atoms with van der Waals surface area (Å²) in [6.45, 7) is 1.87. The van der Waals surface area contributed by atoms with Crippen LogP contribution in [0.4, 0.5) is 10.1 Å². The summed E-state index contributed by atoms with van der Waals surface area (Å²) in [7, 11) is -2.52. The third-order valence-electron chi connectivity index (χ3n) is 2.17. The first-order valence-corrected chi connectivity index (χ1v) is 6.33. The van der Waals surface area contributed by atoms with E-state index in [1.807, 2.05) is 0 Å². The lowest BCUT2D eigenvalue weighted by Crippen LogP contribution is -2.27. The summed E-state index contributed by atoms with van der Waals surface area (Å²) in [5, 5.41) is 0.0852. The average Bonchev–Trinajstić information content (AvgIpc) is 2.21. The predicted octanol–water partition coefficient (Wildman–Crippen LogP) is 1.70. The van der Waals surface area contributed by atoms with E-state index in [1.54, 1.807) is 6.92 Å². The average molecular weight is 267 g/mol. The Bertz CT molecular complexity index is 504. The Labute approximate surface area is 98.9 Å². The van der Waals surface area contributed by atoms with Gasteiger partial charge in [0.15, 0.2) is 5.82 Å². The molecule has 0 spiro atoms. The molecule has 16 heavy (non-hydrogen) atoms. The van der Waals surface area contributed by atoms with Gasteiger partial charge in [-0.2, -0.15) is 0 Å². The van der Waals surface area contributed by atoms with Gasteiger partial charge in [-0.3, -0.25) is 0 Å². The van der Waals surface area contributed by atoms with Crippen molar-refractivity contribution in [3.05, 3.63) is 23.0 Å². The van der Waals surface area contributed by atoms with E-state index in [4.69, 9.17) is 17.3 Å². The van der Waals surface area contributed by atoms with Crippen LogP contribution in [0.25, 0.3) is 0 Å². The number of hydrogen-bond donors (Lipinski definition) is 1. The molecule has 0 aromatic heterocycles. The zero-order valence-corrected chi connectivity index (χ0v) is 10.4. The highest BCUT2D eigenvalue weighted by Gasteiger charge is 2.25. The predicted molar refractivity (Wildman–Crippen MR) is 61.3 cm³/mol. The molecule has 0 aliphatic heterocycles. The minimum atomic E-state index is -3.87. The minimum Gasteiger partial charge on any atom is -0.396 e. The van der Waals surface area contributed by atoms with Gasteiger partial charge in [-0.15, -0.1) is 0 Å². The molecule has 0 aliphatic carbocycles. The number of hydrogen-bond acceptors (Lipinski definition) is 3. The van der Waals surface area contributed by atoms with Gasteiger partial charge >= 0.3 is 0 Å². The van der Waals surface area contributed by atoms with Crippen molar-refractivity contribution in [3.63, 3.8) is 0 Å². The van der Waals surface area contributed by atoms with Gasteiger partial charge in [0.1, 0.15) is 4.90 Å². The van der Waals surface area contributed by atoms with Gasteiger partial charge in [-0.1, -0.05) is 18.5 Å². The van der Waals surface area contributed by atoms with Crippen LogP contribution in [-0.4, -0.2) is 26.3 Å². The quantitative estimate of drug-likeness (QED) is 0.847. The second kappa shape index (κ2) is 4.57. The van der Waals surface area contributed by atoms with E-state index >= 15 is 0 Å². The number of nitrogen functional groups attached to an aromatic ring is 1. The fraction of sp³-hybridized carbons (Fsp3) is 0.333. The maximum absolute atomic E-state index is 13.6. The van der Waals surface area contributed by atoms with E-state index < -0.39 is 20.7 Å². The molecule has 0 atom stereocenters. The number of sulfonamides is 1. The van der Waals surface area contributed by atoms with Gasteiger partial charge in [0.05, 0.1) is 5.69 Å². The molecular formula is C9H12ClFN2O2S. The van der Waals surface area contributed by atoms with Gasteiger partial charge in [-0.05, 0) is 12.1 Å². The fourth-order valence-corrected chi connectivity index (χ4v) is 2.70. The molecule has 0 aliphatic rings. The number of halogens is 2. The molecule has 1 aromatic rings. The highest BCUT2D eigenvalue weighted by molar-refractivity contribution is 7.89. The molecule has 0 saturated carbocycles. The van der Waals surface area contributed by atoms with Gasteiger partial charge < -0.3 is 5.73 Å². The minimum absolute atomic E-state index is 0.0852. The lowest BCUT2D eigenvalue weighted by atomic mass is 10.3. The highest BCUT2D eigenvalue weighted by atomic mass is 35.5. The SMILES string of the molecule is CCN(C)S(=O)(=O)c1cc(Cl)cc(N)c1F. The molecule has 4 nitrogen and oxygen atoms in total. The maximum atomic E-state index is 13.6. The van der Waals surface area contributed by atoms with E-state index in [0.29, 0.717) is 0 Å². The summed E-state index contributed by atoms with van der Waals surface area (Å²) >= 11 is 5.65. The van der Waals surface area contributed by atoms with Crippen LogP contribution in [-0.2, 0) is 10.0 Å². The molecule has 0 fully saturated rings. The third kappa shape index (κ3) is 2.28. The van der Waals surface area contributed by atoms with Crippen molar-refractivity contribution in [3.8, 4) is 0 Å². The molecule has 0 radical (unpaired) electrons. The van der Waals surface area contributed by atoms with Crippen LogP contribution in [0.1, 0.15) is 6.92 Å². The Morgan fingerprint density at radius 3 is 2.56 bits per heavy atom. The number of nitrogens with zero attached hydrogens (tertiary/aromatic N) is 1. The molecule has 0 unspecified atom stereocenters. The summed E-state index contributed by atoms with van der Waals surface area (Å²) < 4.78 is 38.3. The second-order valence-electron chi connectivity index (χ2n) is 3.23. The Balaban J connectivity index is 3.45. The molecule has 7 heteroatoms. The van der Waals surface area contributed by atoms with Crippen molar-refractivity contribution >= 4 is 27.3 Å². The molecule has 1 rings (SSSR count). The Morgan fingerprint density at radius 2 is 2.06 bits per heavy atom. The molecule has 0 heterocycles. The van der Waals surface area contributed by atoms with Crippen LogP contribution in [0, 0.1) is 5.82 Å². The second-order valence-corrected chi connectivity index (χ2v) is 5.68. The number of rotatable bonds is 3. The van der Waals surface area contributed by atoms with E-state index in [1.165, 1.54) is 13.1 Å². The largest absolute Gasteiger partial charge is 0.396 e. The molecule has 1 aromatic carbocycles. The van der Waals surface area contributed by atoms with Crippen LogP contribution in [0.3, 0.4) is 0 Å². The van der Waals surface area contributed by atoms with Crippen molar-refractivity contribution < 1.29 is 12.8 Å². The van der Waals surface area contributed by atoms with Gasteiger partial charge in [0.25, 0.3) is 0 Å². The zero-order chi connectivity index (χ0) is 12.5. The zero-order valence-electron chi connectivity index (χ0n) is 8.87. The van der Waals surface area contributed by atoms with Gasteiger partial charge in [0, 0.05) is 18.6 Å². The normalized spacial score (nSPS) is 12.1. The van der Waals surface area contributed by atoms with Gasteiger partial charge in [-0.25, -0.2) is 17.1 Å². The number of benzene rings is 1.